The minimum absolute atomic E-state index is 0.194. The Morgan fingerprint density at radius 1 is 1.00 bits per heavy atom. The normalized spacial score (nSPS) is 51.5. The first-order valence-electron chi connectivity index (χ1n) is 12.7. The lowest BCUT2D eigenvalue weighted by Gasteiger charge is -2.64. The van der Waals surface area contributed by atoms with E-state index in [0.717, 1.165) is 32.1 Å². The van der Waals surface area contributed by atoms with Crippen LogP contribution in [-0.4, -0.2) is 33.5 Å². The summed E-state index contributed by atoms with van der Waals surface area (Å²) in [6, 6.07) is 0. The summed E-state index contributed by atoms with van der Waals surface area (Å²) in [4.78, 5) is 11.1. The first kappa shape index (κ1) is 22.6. The molecule has 0 spiro atoms. The van der Waals surface area contributed by atoms with E-state index in [2.05, 4.69) is 27.7 Å². The van der Waals surface area contributed by atoms with E-state index in [4.69, 9.17) is 5.11 Å². The van der Waals surface area contributed by atoms with Gasteiger partial charge in [-0.15, -0.1) is 0 Å². The zero-order valence-electron chi connectivity index (χ0n) is 19.5. The van der Waals surface area contributed by atoms with Crippen LogP contribution in [0.15, 0.2) is 0 Å². The Labute approximate surface area is 182 Å². The predicted molar refractivity (Wildman–Crippen MR) is 118 cm³/mol. The standard InChI is InChI=1S/C26H44O4/c1-5-17-21-14-16(27)10-12-26(21,4)20-11-13-25(3)18(15(2)6-9-22(28)29)7-8-19(25)23(20)24(17)30/h15-21,23-24,27,30H,5-14H2,1-4H3,(H,28,29)/t15?,16?,17?,18-,19-,20+,21+,23-,24?,25-,26-/m1/s1. The van der Waals surface area contributed by atoms with E-state index in [1.807, 2.05) is 0 Å². The summed E-state index contributed by atoms with van der Waals surface area (Å²) in [5, 5.41) is 31.3. The van der Waals surface area contributed by atoms with Crippen LogP contribution in [0.1, 0.15) is 91.9 Å². The highest BCUT2D eigenvalue weighted by atomic mass is 16.4. The van der Waals surface area contributed by atoms with Crippen LogP contribution in [0.2, 0.25) is 0 Å². The van der Waals surface area contributed by atoms with E-state index in [9.17, 15) is 15.0 Å². The quantitative estimate of drug-likeness (QED) is 0.577. The molecule has 0 aliphatic heterocycles. The fraction of sp³-hybridized carbons (Fsp3) is 0.962. The number of rotatable bonds is 5. The fourth-order valence-corrected chi connectivity index (χ4v) is 9.48. The van der Waals surface area contributed by atoms with Gasteiger partial charge in [0, 0.05) is 6.42 Å². The summed E-state index contributed by atoms with van der Waals surface area (Å²) in [6.07, 6.45) is 9.27. The van der Waals surface area contributed by atoms with Gasteiger partial charge < -0.3 is 15.3 Å². The Bertz CT molecular complexity index is 649. The van der Waals surface area contributed by atoms with Crippen molar-refractivity contribution in [3.63, 3.8) is 0 Å². The van der Waals surface area contributed by atoms with Gasteiger partial charge in [-0.3, -0.25) is 4.79 Å². The number of fused-ring (bicyclic) bond motifs is 5. The summed E-state index contributed by atoms with van der Waals surface area (Å²) in [7, 11) is 0. The lowest BCUT2D eigenvalue weighted by Crippen LogP contribution is -2.62. The maximum atomic E-state index is 11.7. The topological polar surface area (TPSA) is 77.8 Å². The molecule has 4 heteroatoms. The molecule has 4 fully saturated rings. The molecule has 0 amide bonds. The molecule has 11 atom stereocenters. The van der Waals surface area contributed by atoms with Crippen LogP contribution in [-0.2, 0) is 4.79 Å². The van der Waals surface area contributed by atoms with Crippen LogP contribution in [0.4, 0.5) is 0 Å². The van der Waals surface area contributed by atoms with Gasteiger partial charge in [0.15, 0.2) is 0 Å². The van der Waals surface area contributed by atoms with Crippen molar-refractivity contribution >= 4 is 5.97 Å². The van der Waals surface area contributed by atoms with Gasteiger partial charge in [-0.05, 0) is 104 Å². The van der Waals surface area contributed by atoms with Crippen molar-refractivity contribution in [1.82, 2.24) is 0 Å². The molecule has 0 saturated heterocycles. The smallest absolute Gasteiger partial charge is 0.303 e. The zero-order valence-corrected chi connectivity index (χ0v) is 19.5. The molecule has 3 N–H and O–H groups in total. The first-order valence-corrected chi connectivity index (χ1v) is 12.7. The molecule has 30 heavy (non-hydrogen) atoms. The lowest BCUT2D eigenvalue weighted by atomic mass is 9.41. The van der Waals surface area contributed by atoms with Crippen molar-refractivity contribution in [3.8, 4) is 0 Å². The number of carboxylic acid groups (broad SMARTS) is 1. The molecule has 4 unspecified atom stereocenters. The van der Waals surface area contributed by atoms with Gasteiger partial charge in [0.05, 0.1) is 12.2 Å². The summed E-state index contributed by atoms with van der Waals surface area (Å²) in [5.74, 6) is 2.58. The van der Waals surface area contributed by atoms with Crippen LogP contribution < -0.4 is 0 Å². The molecule has 0 aromatic rings. The van der Waals surface area contributed by atoms with Crippen LogP contribution in [0.3, 0.4) is 0 Å². The van der Waals surface area contributed by atoms with Crippen molar-refractivity contribution in [2.45, 2.75) is 104 Å². The highest BCUT2D eigenvalue weighted by Gasteiger charge is 2.64. The lowest BCUT2D eigenvalue weighted by molar-refractivity contribution is -0.203. The molecule has 4 rings (SSSR count). The molecule has 4 aliphatic rings. The Balaban J connectivity index is 1.61. The van der Waals surface area contributed by atoms with E-state index < -0.39 is 5.97 Å². The largest absolute Gasteiger partial charge is 0.481 e. The number of hydrogen-bond acceptors (Lipinski definition) is 3. The van der Waals surface area contributed by atoms with E-state index in [1.165, 1.54) is 25.7 Å². The zero-order chi connectivity index (χ0) is 21.8. The molecular weight excluding hydrogens is 376 g/mol. The molecule has 0 radical (unpaired) electrons. The molecular formula is C26H44O4. The average molecular weight is 421 g/mol. The maximum absolute atomic E-state index is 11.7. The summed E-state index contributed by atoms with van der Waals surface area (Å²) in [6.45, 7) is 9.44. The third-order valence-electron chi connectivity index (χ3n) is 11.0. The Morgan fingerprint density at radius 2 is 1.67 bits per heavy atom. The first-order chi connectivity index (χ1) is 14.1. The third-order valence-corrected chi connectivity index (χ3v) is 11.0. The SMILES string of the molecule is CCC1C(O)[C@@H]2[C@H]3CC[C@H](C(C)CCC(=O)O)[C@@]3(C)CC[C@@H]2[C@@]2(C)CCC(O)C[C@@H]12. The van der Waals surface area contributed by atoms with E-state index in [1.54, 1.807) is 0 Å². The van der Waals surface area contributed by atoms with Crippen molar-refractivity contribution in [3.05, 3.63) is 0 Å². The van der Waals surface area contributed by atoms with Gasteiger partial charge in [0.1, 0.15) is 0 Å². The summed E-state index contributed by atoms with van der Waals surface area (Å²) in [5.41, 5.74) is 0.480. The third kappa shape index (κ3) is 3.36. The number of carbonyl (C=O) groups is 1. The fourth-order valence-electron chi connectivity index (χ4n) is 9.48. The second-order valence-corrected chi connectivity index (χ2v) is 12.0. The molecule has 0 aromatic heterocycles. The van der Waals surface area contributed by atoms with Gasteiger partial charge in [-0.2, -0.15) is 0 Å². The second-order valence-electron chi connectivity index (χ2n) is 12.0. The van der Waals surface area contributed by atoms with Gasteiger partial charge in [-0.25, -0.2) is 0 Å². The number of aliphatic carboxylic acids is 1. The van der Waals surface area contributed by atoms with Gasteiger partial charge in [0.2, 0.25) is 0 Å². The van der Waals surface area contributed by atoms with Crippen molar-refractivity contribution in [2.24, 2.45) is 52.3 Å². The molecule has 4 aliphatic carbocycles. The van der Waals surface area contributed by atoms with E-state index in [0.29, 0.717) is 41.4 Å². The van der Waals surface area contributed by atoms with Crippen LogP contribution >= 0.6 is 0 Å². The van der Waals surface area contributed by atoms with Crippen LogP contribution in [0, 0.1) is 52.3 Å². The monoisotopic (exact) mass is 420 g/mol. The van der Waals surface area contributed by atoms with Crippen LogP contribution in [0.5, 0.6) is 0 Å². The van der Waals surface area contributed by atoms with E-state index >= 15 is 0 Å². The number of aliphatic hydroxyl groups excluding tert-OH is 2. The van der Waals surface area contributed by atoms with Crippen molar-refractivity contribution < 1.29 is 20.1 Å². The summed E-state index contributed by atoms with van der Waals surface area (Å²) >= 11 is 0. The minimum Gasteiger partial charge on any atom is -0.481 e. The van der Waals surface area contributed by atoms with Crippen molar-refractivity contribution in [2.75, 3.05) is 0 Å². The number of carboxylic acids is 1. The minimum atomic E-state index is -0.683. The van der Waals surface area contributed by atoms with Gasteiger partial charge >= 0.3 is 5.97 Å². The predicted octanol–water partition coefficient (Wildman–Crippen LogP) is 5.11. The number of hydrogen-bond donors (Lipinski definition) is 3. The Morgan fingerprint density at radius 3 is 2.33 bits per heavy atom. The second kappa shape index (κ2) is 8.06. The highest BCUT2D eigenvalue weighted by Crippen LogP contribution is 2.69. The molecule has 4 saturated carbocycles. The summed E-state index contributed by atoms with van der Waals surface area (Å²) < 4.78 is 0. The van der Waals surface area contributed by atoms with Crippen molar-refractivity contribution in [1.29, 1.82) is 0 Å². The Hall–Kier alpha value is -0.610. The highest BCUT2D eigenvalue weighted by molar-refractivity contribution is 5.66. The van der Waals surface area contributed by atoms with Gasteiger partial charge in [-0.1, -0.05) is 34.1 Å². The Kier molecular flexibility index (Phi) is 6.07. The van der Waals surface area contributed by atoms with Crippen LogP contribution in [0.25, 0.3) is 0 Å². The molecule has 172 valence electrons. The maximum Gasteiger partial charge on any atom is 0.303 e. The molecule has 0 bridgehead atoms. The molecule has 4 nitrogen and oxygen atoms in total. The molecule has 0 aromatic carbocycles. The molecule has 0 heterocycles. The van der Waals surface area contributed by atoms with E-state index in [-0.39, 0.29) is 29.5 Å². The average Bonchev–Trinajstić information content (AvgIpc) is 3.05. The number of aliphatic hydroxyl groups is 2. The van der Waals surface area contributed by atoms with Gasteiger partial charge in [0.25, 0.3) is 0 Å².